The van der Waals surface area contributed by atoms with Crippen LogP contribution >= 0.6 is 34.8 Å². The predicted octanol–water partition coefficient (Wildman–Crippen LogP) is 2.38. The molecule has 1 N–H and O–H groups in total. The number of methoxy groups -OCH3 is 1. The summed E-state index contributed by atoms with van der Waals surface area (Å²) in [5.41, 5.74) is 0.349. The fourth-order valence-corrected chi connectivity index (χ4v) is 3.33. The highest BCUT2D eigenvalue weighted by molar-refractivity contribution is 6.42. The van der Waals surface area contributed by atoms with Crippen LogP contribution in [0.5, 0.6) is 0 Å². The quantitative estimate of drug-likeness (QED) is 0.833. The molecule has 0 unspecified atom stereocenters. The first-order valence-corrected chi connectivity index (χ1v) is 8.47. The van der Waals surface area contributed by atoms with Gasteiger partial charge in [-0.2, -0.15) is 0 Å². The largest absolute Gasteiger partial charge is 0.375 e. The Morgan fingerprint density at radius 2 is 1.71 bits per heavy atom. The number of carbonyl (C=O) groups is 2. The van der Waals surface area contributed by atoms with E-state index < -0.39 is 0 Å². The van der Waals surface area contributed by atoms with Gasteiger partial charge < -0.3 is 15.0 Å². The van der Waals surface area contributed by atoms with Gasteiger partial charge in [-0.1, -0.05) is 34.8 Å². The highest BCUT2D eigenvalue weighted by atomic mass is 35.5. The average Bonchev–Trinajstić information content (AvgIpc) is 2.52. The van der Waals surface area contributed by atoms with Crippen LogP contribution in [0.2, 0.25) is 15.1 Å². The molecule has 132 valence electrons. The van der Waals surface area contributed by atoms with Crippen LogP contribution in [0.1, 0.15) is 0 Å². The molecule has 0 spiro atoms. The SMILES string of the molecule is COCC(=O)N1CCN(CC(=O)Nc2c(Cl)cc(Cl)cc2Cl)CC1. The third kappa shape index (κ3) is 5.22. The number of rotatable bonds is 5. The summed E-state index contributed by atoms with van der Waals surface area (Å²) >= 11 is 17.9. The van der Waals surface area contributed by atoms with E-state index in [0.717, 1.165) is 0 Å². The fraction of sp³-hybridized carbons (Fsp3) is 0.467. The van der Waals surface area contributed by atoms with Crippen LogP contribution in [0.15, 0.2) is 12.1 Å². The normalized spacial score (nSPS) is 15.4. The third-order valence-corrected chi connectivity index (χ3v) is 4.45. The van der Waals surface area contributed by atoms with E-state index in [4.69, 9.17) is 39.5 Å². The summed E-state index contributed by atoms with van der Waals surface area (Å²) in [4.78, 5) is 27.6. The average molecular weight is 395 g/mol. The van der Waals surface area contributed by atoms with Crippen molar-refractivity contribution in [1.29, 1.82) is 0 Å². The van der Waals surface area contributed by atoms with E-state index in [2.05, 4.69) is 5.32 Å². The molecule has 0 bridgehead atoms. The summed E-state index contributed by atoms with van der Waals surface area (Å²) in [5, 5.41) is 3.68. The lowest BCUT2D eigenvalue weighted by molar-refractivity contribution is -0.137. The molecule has 24 heavy (non-hydrogen) atoms. The van der Waals surface area contributed by atoms with Gasteiger partial charge in [0.25, 0.3) is 0 Å². The smallest absolute Gasteiger partial charge is 0.248 e. The van der Waals surface area contributed by atoms with E-state index in [1.54, 1.807) is 4.90 Å². The first-order valence-electron chi connectivity index (χ1n) is 7.34. The van der Waals surface area contributed by atoms with Crippen molar-refractivity contribution in [2.24, 2.45) is 0 Å². The molecule has 9 heteroatoms. The Hall–Kier alpha value is -1.05. The maximum atomic E-state index is 12.2. The zero-order valence-corrected chi connectivity index (χ0v) is 15.4. The number of benzene rings is 1. The number of ether oxygens (including phenoxy) is 1. The molecule has 1 saturated heterocycles. The highest BCUT2D eigenvalue weighted by Crippen LogP contribution is 2.33. The number of carbonyl (C=O) groups excluding carboxylic acids is 2. The van der Waals surface area contributed by atoms with Crippen molar-refractivity contribution >= 4 is 52.3 Å². The molecule has 1 aliphatic heterocycles. The molecule has 1 aromatic carbocycles. The number of amides is 2. The van der Waals surface area contributed by atoms with E-state index in [1.807, 2.05) is 4.90 Å². The van der Waals surface area contributed by atoms with Crippen molar-refractivity contribution in [2.75, 3.05) is 51.8 Å². The van der Waals surface area contributed by atoms with E-state index >= 15 is 0 Å². The minimum Gasteiger partial charge on any atom is -0.375 e. The monoisotopic (exact) mass is 393 g/mol. The molecule has 2 amide bonds. The second-order valence-corrected chi connectivity index (χ2v) is 6.63. The minimum absolute atomic E-state index is 0.0404. The lowest BCUT2D eigenvalue weighted by atomic mass is 10.3. The van der Waals surface area contributed by atoms with Crippen molar-refractivity contribution in [2.45, 2.75) is 0 Å². The van der Waals surface area contributed by atoms with Crippen molar-refractivity contribution in [1.82, 2.24) is 9.80 Å². The number of nitrogens with one attached hydrogen (secondary N) is 1. The summed E-state index contributed by atoms with van der Waals surface area (Å²) in [5.74, 6) is -0.265. The van der Waals surface area contributed by atoms with Crippen LogP contribution in [0.4, 0.5) is 5.69 Å². The molecular weight excluding hydrogens is 377 g/mol. The molecule has 2 rings (SSSR count). The van der Waals surface area contributed by atoms with Crippen molar-refractivity contribution < 1.29 is 14.3 Å². The van der Waals surface area contributed by atoms with Crippen LogP contribution in [-0.4, -0.2) is 68.1 Å². The van der Waals surface area contributed by atoms with Gasteiger partial charge in [-0.3, -0.25) is 14.5 Å². The molecule has 0 atom stereocenters. The molecular formula is C15H18Cl3N3O3. The van der Waals surface area contributed by atoms with Crippen molar-refractivity contribution in [3.05, 3.63) is 27.2 Å². The topological polar surface area (TPSA) is 61.9 Å². The van der Waals surface area contributed by atoms with Crippen LogP contribution in [0.3, 0.4) is 0 Å². The minimum atomic E-state index is -0.224. The van der Waals surface area contributed by atoms with Crippen molar-refractivity contribution in [3.8, 4) is 0 Å². The molecule has 1 aliphatic rings. The Labute approximate surface area is 155 Å². The van der Waals surface area contributed by atoms with E-state index in [1.165, 1.54) is 19.2 Å². The zero-order valence-electron chi connectivity index (χ0n) is 13.2. The van der Waals surface area contributed by atoms with Gasteiger partial charge in [0.1, 0.15) is 6.61 Å². The number of nitrogens with zero attached hydrogens (tertiary/aromatic N) is 2. The number of hydrogen-bond donors (Lipinski definition) is 1. The van der Waals surface area contributed by atoms with Gasteiger partial charge in [0.2, 0.25) is 11.8 Å². The van der Waals surface area contributed by atoms with Crippen LogP contribution in [0, 0.1) is 0 Å². The summed E-state index contributed by atoms with van der Waals surface area (Å²) in [7, 11) is 1.49. The molecule has 1 heterocycles. The molecule has 0 radical (unpaired) electrons. The van der Waals surface area contributed by atoms with E-state index in [0.29, 0.717) is 36.9 Å². The molecule has 0 aromatic heterocycles. The second-order valence-electron chi connectivity index (χ2n) is 5.38. The highest BCUT2D eigenvalue weighted by Gasteiger charge is 2.22. The lowest BCUT2D eigenvalue weighted by Crippen LogP contribution is -2.51. The van der Waals surface area contributed by atoms with Gasteiger partial charge in [0.05, 0.1) is 22.3 Å². The lowest BCUT2D eigenvalue weighted by Gasteiger charge is -2.34. The molecule has 0 saturated carbocycles. The molecule has 1 fully saturated rings. The Kier molecular flexibility index (Phi) is 7.13. The molecule has 6 nitrogen and oxygen atoms in total. The second kappa shape index (κ2) is 8.87. The maximum absolute atomic E-state index is 12.2. The first-order chi connectivity index (χ1) is 11.4. The summed E-state index contributed by atoms with van der Waals surface area (Å²) in [6.45, 7) is 2.64. The van der Waals surface area contributed by atoms with Gasteiger partial charge in [-0.05, 0) is 12.1 Å². The maximum Gasteiger partial charge on any atom is 0.248 e. The van der Waals surface area contributed by atoms with Gasteiger partial charge in [0.15, 0.2) is 0 Å². The van der Waals surface area contributed by atoms with Gasteiger partial charge >= 0.3 is 0 Å². The number of halogens is 3. The summed E-state index contributed by atoms with van der Waals surface area (Å²) < 4.78 is 4.84. The van der Waals surface area contributed by atoms with Crippen LogP contribution in [0.25, 0.3) is 0 Å². The fourth-order valence-electron chi connectivity index (χ4n) is 2.41. The van der Waals surface area contributed by atoms with Gasteiger partial charge in [-0.25, -0.2) is 0 Å². The van der Waals surface area contributed by atoms with E-state index in [9.17, 15) is 9.59 Å². The van der Waals surface area contributed by atoms with E-state index in [-0.39, 0.29) is 35.0 Å². The first kappa shape index (κ1) is 19.3. The molecule has 1 aromatic rings. The van der Waals surface area contributed by atoms with Crippen molar-refractivity contribution in [3.63, 3.8) is 0 Å². The summed E-state index contributed by atoms with van der Waals surface area (Å²) in [6.07, 6.45) is 0. The third-order valence-electron chi connectivity index (χ3n) is 3.63. The summed E-state index contributed by atoms with van der Waals surface area (Å²) in [6, 6.07) is 3.04. The van der Waals surface area contributed by atoms with Crippen LogP contribution in [-0.2, 0) is 14.3 Å². The number of hydrogen-bond acceptors (Lipinski definition) is 4. The Morgan fingerprint density at radius 3 is 2.25 bits per heavy atom. The molecule has 0 aliphatic carbocycles. The van der Waals surface area contributed by atoms with Gasteiger partial charge in [-0.15, -0.1) is 0 Å². The number of piperazine rings is 1. The zero-order chi connectivity index (χ0) is 17.7. The van der Waals surface area contributed by atoms with Crippen LogP contribution < -0.4 is 5.32 Å². The Bertz CT molecular complexity index is 596. The standard InChI is InChI=1S/C15H18Cl3N3O3/c1-24-9-14(23)21-4-2-20(3-5-21)8-13(22)19-15-11(17)6-10(16)7-12(15)18/h6-7H,2-5,8-9H2,1H3,(H,19,22). The Morgan fingerprint density at radius 1 is 1.12 bits per heavy atom. The Balaban J connectivity index is 1.85. The predicted molar refractivity (Wildman–Crippen MR) is 95.0 cm³/mol. The van der Waals surface area contributed by atoms with Gasteiger partial charge in [0, 0.05) is 38.3 Å². The number of anilines is 1.